The molecule has 0 spiro atoms. The fourth-order valence-corrected chi connectivity index (χ4v) is 4.72. The summed E-state index contributed by atoms with van der Waals surface area (Å²) in [6, 6.07) is 10.9. The number of hydrogen-bond donors (Lipinski definition) is 0. The minimum absolute atomic E-state index is 0.588. The van der Waals surface area contributed by atoms with Gasteiger partial charge in [0.15, 0.2) is 0 Å². The molecule has 0 aromatic heterocycles. The van der Waals surface area contributed by atoms with Crippen LogP contribution in [-0.2, 0) is 0 Å². The summed E-state index contributed by atoms with van der Waals surface area (Å²) in [5.41, 5.74) is 0.588. The molecule has 16 heavy (non-hydrogen) atoms. The molecule has 0 atom stereocenters. The number of benzene rings is 1. The third-order valence-electron chi connectivity index (χ3n) is 3.32. The van der Waals surface area contributed by atoms with Gasteiger partial charge >= 0.3 is 0 Å². The van der Waals surface area contributed by atoms with E-state index < -0.39 is 8.07 Å². The Morgan fingerprint density at radius 3 is 1.94 bits per heavy atom. The number of allylic oxidation sites excluding steroid dienone is 6. The molecule has 0 bridgehead atoms. The number of hydrogen-bond acceptors (Lipinski definition) is 0. The molecule has 0 saturated carbocycles. The van der Waals surface area contributed by atoms with Gasteiger partial charge < -0.3 is 0 Å². The average Bonchev–Trinajstić information content (AvgIpc) is 2.59. The Kier molecular flexibility index (Phi) is 3.25. The Morgan fingerprint density at radius 2 is 1.38 bits per heavy atom. The first-order chi connectivity index (χ1) is 7.71. The molecule has 0 unspecified atom stereocenters. The van der Waals surface area contributed by atoms with Gasteiger partial charge in [-0.1, -0.05) is 85.1 Å². The van der Waals surface area contributed by atoms with Crippen LogP contribution in [0, 0.1) is 0 Å². The van der Waals surface area contributed by atoms with Crippen LogP contribution >= 0.6 is 0 Å². The van der Waals surface area contributed by atoms with Crippen molar-refractivity contribution in [1.29, 1.82) is 0 Å². The summed E-state index contributed by atoms with van der Waals surface area (Å²) in [7, 11) is -1.42. The van der Waals surface area contributed by atoms with Crippen molar-refractivity contribution in [2.45, 2.75) is 18.6 Å². The molecular weight excluding hydrogens is 208 g/mol. The zero-order valence-corrected chi connectivity index (χ0v) is 10.9. The van der Waals surface area contributed by atoms with Gasteiger partial charge in [0.1, 0.15) is 0 Å². The van der Waals surface area contributed by atoms with Gasteiger partial charge in [-0.15, -0.1) is 0 Å². The summed E-state index contributed by atoms with van der Waals surface area (Å²) in [6.45, 7) is 4.88. The highest BCUT2D eigenvalue weighted by atomic mass is 28.3. The first-order valence-electron chi connectivity index (χ1n) is 5.78. The van der Waals surface area contributed by atoms with Crippen LogP contribution in [0.5, 0.6) is 0 Å². The van der Waals surface area contributed by atoms with Crippen LogP contribution in [0.2, 0.25) is 18.6 Å². The van der Waals surface area contributed by atoms with Crippen molar-refractivity contribution in [3.63, 3.8) is 0 Å². The van der Waals surface area contributed by atoms with Gasteiger partial charge in [-0.05, 0) is 5.54 Å². The highest BCUT2D eigenvalue weighted by Gasteiger charge is 2.30. The molecular formula is C15H18Si. The Bertz CT molecular complexity index is 408. The van der Waals surface area contributed by atoms with E-state index in [1.165, 1.54) is 5.19 Å². The highest BCUT2D eigenvalue weighted by molar-refractivity contribution is 6.91. The molecule has 0 aliphatic heterocycles. The van der Waals surface area contributed by atoms with Crippen LogP contribution in [0.3, 0.4) is 0 Å². The van der Waals surface area contributed by atoms with E-state index in [-0.39, 0.29) is 0 Å². The maximum atomic E-state index is 2.44. The molecule has 0 N–H and O–H groups in total. The van der Waals surface area contributed by atoms with Gasteiger partial charge in [-0.2, -0.15) is 0 Å². The quantitative estimate of drug-likeness (QED) is 0.675. The van der Waals surface area contributed by atoms with Gasteiger partial charge in [0.25, 0.3) is 0 Å². The van der Waals surface area contributed by atoms with E-state index in [0.717, 1.165) is 0 Å². The summed E-state index contributed by atoms with van der Waals surface area (Å²) in [4.78, 5) is 0. The van der Waals surface area contributed by atoms with Crippen LogP contribution in [0.1, 0.15) is 0 Å². The van der Waals surface area contributed by atoms with Crippen molar-refractivity contribution in [2.75, 3.05) is 0 Å². The van der Waals surface area contributed by atoms with Crippen LogP contribution in [0.4, 0.5) is 0 Å². The average molecular weight is 226 g/mol. The van der Waals surface area contributed by atoms with Gasteiger partial charge in [-0.25, -0.2) is 0 Å². The van der Waals surface area contributed by atoms with Crippen LogP contribution in [-0.4, -0.2) is 8.07 Å². The Balaban J connectivity index is 2.32. The van der Waals surface area contributed by atoms with Crippen LogP contribution in [0.15, 0.2) is 66.8 Å². The second-order valence-electron chi connectivity index (χ2n) is 4.77. The predicted octanol–water partition coefficient (Wildman–Crippen LogP) is 3.65. The monoisotopic (exact) mass is 226 g/mol. The van der Waals surface area contributed by atoms with E-state index in [1.54, 1.807) is 0 Å². The molecule has 2 rings (SSSR count). The molecule has 1 heteroatoms. The van der Waals surface area contributed by atoms with Crippen molar-refractivity contribution in [3.05, 3.63) is 66.8 Å². The van der Waals surface area contributed by atoms with Gasteiger partial charge in [0.2, 0.25) is 0 Å². The standard InChI is InChI=1S/C15H18Si/c1-16(2,15-12-8-5-9-13-15)14-10-6-3-4-7-11-14/h3-14H,1-2H3. The summed E-state index contributed by atoms with van der Waals surface area (Å²) in [5, 5.41) is 1.52. The minimum Gasteiger partial charge on any atom is -0.0800 e. The molecule has 1 aliphatic rings. The Morgan fingerprint density at radius 1 is 0.812 bits per heavy atom. The van der Waals surface area contributed by atoms with E-state index >= 15 is 0 Å². The van der Waals surface area contributed by atoms with Crippen molar-refractivity contribution in [3.8, 4) is 0 Å². The lowest BCUT2D eigenvalue weighted by Crippen LogP contribution is -2.44. The molecule has 0 heterocycles. The molecule has 82 valence electrons. The normalized spacial score (nSPS) is 16.4. The minimum atomic E-state index is -1.42. The van der Waals surface area contributed by atoms with Gasteiger partial charge in [0, 0.05) is 0 Å². The van der Waals surface area contributed by atoms with Crippen molar-refractivity contribution >= 4 is 13.3 Å². The summed E-state index contributed by atoms with van der Waals surface area (Å²) in [6.07, 6.45) is 13.2. The Labute approximate surface area is 99.0 Å². The smallest absolute Gasteiger partial charge is 0.0800 e. The van der Waals surface area contributed by atoms with Crippen LogP contribution < -0.4 is 5.19 Å². The third kappa shape index (κ3) is 2.25. The summed E-state index contributed by atoms with van der Waals surface area (Å²) in [5.74, 6) is 0. The molecule has 1 aliphatic carbocycles. The van der Waals surface area contributed by atoms with E-state index in [9.17, 15) is 0 Å². The zero-order chi connectivity index (χ0) is 11.4. The van der Waals surface area contributed by atoms with E-state index in [4.69, 9.17) is 0 Å². The fraction of sp³-hybridized carbons (Fsp3) is 0.200. The van der Waals surface area contributed by atoms with Gasteiger partial charge in [0.05, 0.1) is 8.07 Å². The zero-order valence-electron chi connectivity index (χ0n) is 9.93. The molecule has 0 nitrogen and oxygen atoms in total. The topological polar surface area (TPSA) is 0 Å². The van der Waals surface area contributed by atoms with Crippen molar-refractivity contribution < 1.29 is 0 Å². The highest BCUT2D eigenvalue weighted by Crippen LogP contribution is 2.26. The largest absolute Gasteiger partial charge is 0.0911 e. The van der Waals surface area contributed by atoms with E-state index in [2.05, 4.69) is 79.9 Å². The molecule has 1 aromatic carbocycles. The molecule has 1 aromatic rings. The second kappa shape index (κ2) is 4.66. The predicted molar refractivity (Wildman–Crippen MR) is 74.7 cm³/mol. The first-order valence-corrected chi connectivity index (χ1v) is 8.86. The lowest BCUT2D eigenvalue weighted by atomic mass is 10.3. The third-order valence-corrected chi connectivity index (χ3v) is 7.19. The lowest BCUT2D eigenvalue weighted by Gasteiger charge is -2.28. The fourth-order valence-electron chi connectivity index (χ4n) is 2.10. The van der Waals surface area contributed by atoms with Crippen molar-refractivity contribution in [1.82, 2.24) is 0 Å². The van der Waals surface area contributed by atoms with E-state index in [1.807, 2.05) is 0 Å². The Hall–Kier alpha value is -1.34. The lowest BCUT2D eigenvalue weighted by molar-refractivity contribution is 1.28. The molecule has 0 amide bonds. The molecule has 0 radical (unpaired) electrons. The first kappa shape index (κ1) is 11.2. The van der Waals surface area contributed by atoms with E-state index in [0.29, 0.717) is 5.54 Å². The summed E-state index contributed by atoms with van der Waals surface area (Å²) < 4.78 is 0. The SMILES string of the molecule is C[Si](C)(c1ccccc1)C1C=CC=CC=C1. The van der Waals surface area contributed by atoms with Crippen molar-refractivity contribution in [2.24, 2.45) is 0 Å². The maximum absolute atomic E-state index is 2.44. The maximum Gasteiger partial charge on any atom is 0.0911 e. The molecule has 0 fully saturated rings. The summed E-state index contributed by atoms with van der Waals surface area (Å²) >= 11 is 0. The van der Waals surface area contributed by atoms with Crippen LogP contribution in [0.25, 0.3) is 0 Å². The second-order valence-corrected chi connectivity index (χ2v) is 9.46. The van der Waals surface area contributed by atoms with Gasteiger partial charge in [-0.3, -0.25) is 0 Å². The number of rotatable bonds is 2. The molecule has 0 saturated heterocycles.